The van der Waals surface area contributed by atoms with Crippen LogP contribution in [0.5, 0.6) is 5.88 Å². The summed E-state index contributed by atoms with van der Waals surface area (Å²) in [5.41, 5.74) is 1.25. The van der Waals surface area contributed by atoms with Crippen LogP contribution in [-0.4, -0.2) is 45.0 Å². The normalized spacial score (nSPS) is 12.3. The molecule has 2 aromatic heterocycles. The van der Waals surface area contributed by atoms with Crippen LogP contribution in [0.15, 0.2) is 69.3 Å². The van der Waals surface area contributed by atoms with Crippen molar-refractivity contribution in [3.05, 3.63) is 92.3 Å². The molecule has 168 valence electrons. The third-order valence-electron chi connectivity index (χ3n) is 5.36. The number of hydrogen-bond acceptors (Lipinski definition) is 6. The van der Waals surface area contributed by atoms with Crippen molar-refractivity contribution in [2.24, 2.45) is 4.99 Å². The van der Waals surface area contributed by atoms with Gasteiger partial charge in [-0.25, -0.2) is 14.2 Å². The van der Waals surface area contributed by atoms with Crippen LogP contribution < -0.4 is 11.2 Å². The molecule has 0 spiro atoms. The number of carbonyl (C=O) groups excluding carboxylic acids is 1. The lowest BCUT2D eigenvalue weighted by Gasteiger charge is -2.11. The summed E-state index contributed by atoms with van der Waals surface area (Å²) in [6.07, 6.45) is 3.09. The van der Waals surface area contributed by atoms with E-state index in [4.69, 9.17) is 4.74 Å². The highest BCUT2D eigenvalue weighted by molar-refractivity contribution is 5.87. The van der Waals surface area contributed by atoms with Crippen molar-refractivity contribution in [1.29, 1.82) is 0 Å². The first-order valence-corrected chi connectivity index (χ1v) is 10.2. The van der Waals surface area contributed by atoms with Crippen molar-refractivity contribution < 1.29 is 14.6 Å². The van der Waals surface area contributed by atoms with Gasteiger partial charge in [0.1, 0.15) is 5.56 Å². The number of para-hydroxylation sites is 1. The Morgan fingerprint density at radius 3 is 2.64 bits per heavy atom. The van der Waals surface area contributed by atoms with Gasteiger partial charge in [-0.3, -0.25) is 14.8 Å². The van der Waals surface area contributed by atoms with Gasteiger partial charge in [-0.2, -0.15) is 0 Å². The van der Waals surface area contributed by atoms with Crippen molar-refractivity contribution in [3.63, 3.8) is 0 Å². The number of aliphatic imine (C=N–C) groups is 1. The topological polar surface area (TPSA) is 130 Å². The maximum atomic E-state index is 12.4. The molecule has 2 heterocycles. The summed E-state index contributed by atoms with van der Waals surface area (Å²) >= 11 is 0. The number of hydrogen-bond donors (Lipinski definition) is 3. The Kier molecular flexibility index (Phi) is 5.95. The largest absolute Gasteiger partial charge is 0.493 e. The van der Waals surface area contributed by atoms with Crippen LogP contribution >= 0.6 is 0 Å². The lowest BCUT2D eigenvalue weighted by molar-refractivity contribution is -0.142. The monoisotopic (exact) mass is 446 g/mol. The summed E-state index contributed by atoms with van der Waals surface area (Å²) in [6.45, 7) is 1.89. The van der Waals surface area contributed by atoms with Crippen LogP contribution in [0, 0.1) is 6.92 Å². The molecule has 0 bridgehead atoms. The summed E-state index contributed by atoms with van der Waals surface area (Å²) in [4.78, 5) is 46.7. The molecule has 33 heavy (non-hydrogen) atoms. The first kappa shape index (κ1) is 21.8. The van der Waals surface area contributed by atoms with Crippen molar-refractivity contribution >= 4 is 23.1 Å². The first-order chi connectivity index (χ1) is 15.9. The molecular weight excluding hydrogens is 424 g/mol. The van der Waals surface area contributed by atoms with Gasteiger partial charge < -0.3 is 14.8 Å². The number of rotatable bonds is 6. The molecule has 0 aliphatic rings. The number of ether oxygens (including phenoxy) is 1. The number of carbonyl (C=O) groups is 1. The predicted octanol–water partition coefficient (Wildman–Crippen LogP) is 2.22. The number of esters is 1. The van der Waals surface area contributed by atoms with E-state index in [1.807, 2.05) is 31.2 Å². The minimum atomic E-state index is -0.965. The van der Waals surface area contributed by atoms with Gasteiger partial charge in [0.15, 0.2) is 6.04 Å². The molecule has 0 aliphatic carbocycles. The Hall–Kier alpha value is -4.40. The van der Waals surface area contributed by atoms with Gasteiger partial charge in [0.2, 0.25) is 5.88 Å². The third-order valence-corrected chi connectivity index (χ3v) is 5.36. The molecule has 0 aliphatic heterocycles. The van der Waals surface area contributed by atoms with Crippen molar-refractivity contribution in [3.8, 4) is 11.6 Å². The smallest absolute Gasteiger partial charge is 0.335 e. The summed E-state index contributed by atoms with van der Waals surface area (Å²) < 4.78 is 5.85. The number of fused-ring (bicyclic) bond motifs is 1. The van der Waals surface area contributed by atoms with Gasteiger partial charge in [-0.1, -0.05) is 35.9 Å². The van der Waals surface area contributed by atoms with Gasteiger partial charge >= 0.3 is 11.7 Å². The summed E-state index contributed by atoms with van der Waals surface area (Å²) in [6, 6.07) is 13.5. The van der Waals surface area contributed by atoms with Crippen LogP contribution in [0.4, 0.5) is 0 Å². The minimum Gasteiger partial charge on any atom is -0.493 e. The van der Waals surface area contributed by atoms with Crippen LogP contribution in [0.25, 0.3) is 16.6 Å². The number of H-pyrrole nitrogens is 2. The SMILES string of the molecule is COC(=O)[C@H](Cc1c[nH]c2ccccc12)N=Cc1c(O)n(-c2ccc(C)cc2)c(=O)[nH]c1=O. The van der Waals surface area contributed by atoms with E-state index in [0.29, 0.717) is 5.69 Å². The van der Waals surface area contributed by atoms with Crippen molar-refractivity contribution in [2.75, 3.05) is 7.11 Å². The summed E-state index contributed by atoms with van der Waals surface area (Å²) in [7, 11) is 1.25. The van der Waals surface area contributed by atoms with Crippen molar-refractivity contribution in [1.82, 2.24) is 14.5 Å². The number of aromatic hydroxyl groups is 1. The van der Waals surface area contributed by atoms with Crippen LogP contribution in [0.1, 0.15) is 16.7 Å². The van der Waals surface area contributed by atoms with Gasteiger partial charge in [0, 0.05) is 29.7 Å². The minimum absolute atomic E-state index is 0.212. The van der Waals surface area contributed by atoms with E-state index in [2.05, 4.69) is 15.0 Å². The molecule has 0 fully saturated rings. The molecule has 0 saturated heterocycles. The zero-order valence-electron chi connectivity index (χ0n) is 18.0. The van der Waals surface area contributed by atoms with Crippen molar-refractivity contribution in [2.45, 2.75) is 19.4 Å². The van der Waals surface area contributed by atoms with Crippen LogP contribution in [0.2, 0.25) is 0 Å². The van der Waals surface area contributed by atoms with E-state index >= 15 is 0 Å². The third kappa shape index (κ3) is 4.33. The Morgan fingerprint density at radius 1 is 1.18 bits per heavy atom. The van der Waals surface area contributed by atoms with Gasteiger partial charge in [-0.05, 0) is 30.7 Å². The highest BCUT2D eigenvalue weighted by Crippen LogP contribution is 2.21. The fraction of sp³-hybridized carbons (Fsp3) is 0.167. The fourth-order valence-electron chi connectivity index (χ4n) is 3.59. The molecule has 9 nitrogen and oxygen atoms in total. The number of aromatic amines is 2. The average molecular weight is 446 g/mol. The maximum Gasteiger partial charge on any atom is 0.335 e. The molecule has 9 heteroatoms. The zero-order valence-corrected chi connectivity index (χ0v) is 18.0. The molecule has 4 rings (SSSR count). The fourth-order valence-corrected chi connectivity index (χ4v) is 3.59. The van der Waals surface area contributed by atoms with E-state index in [-0.39, 0.29) is 12.0 Å². The zero-order chi connectivity index (χ0) is 23.5. The second kappa shape index (κ2) is 8.99. The lowest BCUT2D eigenvalue weighted by Crippen LogP contribution is -2.31. The number of nitrogens with one attached hydrogen (secondary N) is 2. The highest BCUT2D eigenvalue weighted by atomic mass is 16.5. The molecule has 0 saturated carbocycles. The van der Waals surface area contributed by atoms with E-state index in [1.54, 1.807) is 30.5 Å². The van der Waals surface area contributed by atoms with Gasteiger partial charge in [0.05, 0.1) is 12.8 Å². The van der Waals surface area contributed by atoms with E-state index in [9.17, 15) is 19.5 Å². The average Bonchev–Trinajstić information content (AvgIpc) is 3.21. The van der Waals surface area contributed by atoms with Gasteiger partial charge in [-0.15, -0.1) is 0 Å². The molecular formula is C24H22N4O5. The van der Waals surface area contributed by atoms with Crippen LogP contribution in [-0.2, 0) is 16.0 Å². The molecule has 0 unspecified atom stereocenters. The Balaban J connectivity index is 1.72. The first-order valence-electron chi connectivity index (χ1n) is 10.2. The van der Waals surface area contributed by atoms with E-state index in [1.165, 1.54) is 7.11 Å². The summed E-state index contributed by atoms with van der Waals surface area (Å²) in [5.74, 6) is -1.17. The predicted molar refractivity (Wildman–Crippen MR) is 124 cm³/mol. The quantitative estimate of drug-likeness (QED) is 0.309. The lowest BCUT2D eigenvalue weighted by atomic mass is 10.1. The highest BCUT2D eigenvalue weighted by Gasteiger charge is 2.21. The molecule has 3 N–H and O–H groups in total. The molecule has 0 amide bonds. The van der Waals surface area contributed by atoms with Gasteiger partial charge in [0.25, 0.3) is 5.56 Å². The maximum absolute atomic E-state index is 12.4. The standard InChI is InChI=1S/C24H22N4O5/c1-14-7-9-16(10-8-14)28-22(30)18(21(29)27-24(28)32)13-26-20(23(31)33-2)11-15-12-25-19-6-4-3-5-17(15)19/h3-10,12-13,20,25,30H,11H2,1-2H3,(H,27,29,32)/t20-/m0/s1. The second-order valence-electron chi connectivity index (χ2n) is 7.55. The number of benzene rings is 2. The Morgan fingerprint density at radius 2 is 1.91 bits per heavy atom. The van der Waals surface area contributed by atoms with E-state index in [0.717, 1.165) is 32.8 Å². The number of nitrogens with zero attached hydrogens (tertiary/aromatic N) is 2. The number of aryl methyl sites for hydroxylation is 1. The van der Waals surface area contributed by atoms with E-state index < -0.39 is 29.1 Å². The molecule has 1 atom stereocenters. The molecule has 0 radical (unpaired) electrons. The summed E-state index contributed by atoms with van der Waals surface area (Å²) in [5, 5.41) is 11.7. The molecule has 2 aromatic carbocycles. The molecule has 4 aromatic rings. The number of methoxy groups -OCH3 is 1. The Bertz CT molecular complexity index is 1460. The van der Waals surface area contributed by atoms with Crippen LogP contribution in [0.3, 0.4) is 0 Å². The second-order valence-corrected chi connectivity index (χ2v) is 7.55. The number of aromatic nitrogens is 3. The Labute approximate surface area is 188 Å².